The minimum atomic E-state index is -0.210. The van der Waals surface area contributed by atoms with Gasteiger partial charge in [-0.2, -0.15) is 0 Å². The van der Waals surface area contributed by atoms with Gasteiger partial charge >= 0.3 is 6.85 Å². The Bertz CT molecular complexity index is 3780. The zero-order valence-electron chi connectivity index (χ0n) is 38.7. The Morgan fingerprint density at radius 1 is 0.448 bits per heavy atom. The van der Waals surface area contributed by atoms with Gasteiger partial charge in [0.15, 0.2) is 5.58 Å². The van der Waals surface area contributed by atoms with Crippen LogP contribution in [-0.2, 0) is 10.8 Å². The molecule has 0 N–H and O–H groups in total. The summed E-state index contributed by atoms with van der Waals surface area (Å²) in [4.78, 5) is 5.24. The van der Waals surface area contributed by atoms with E-state index in [-0.39, 0.29) is 17.7 Å². The number of thiophene rings is 1. The molecular weight excluding hydrogens is 832 g/mol. The van der Waals surface area contributed by atoms with Crippen molar-refractivity contribution in [3.8, 4) is 33.4 Å². The van der Waals surface area contributed by atoms with E-state index in [0.717, 1.165) is 44.7 Å². The number of anilines is 5. The molecule has 0 unspecified atom stereocenters. The highest BCUT2D eigenvalue weighted by molar-refractivity contribution is 7.27. The van der Waals surface area contributed by atoms with Crippen molar-refractivity contribution in [3.05, 3.63) is 199 Å². The van der Waals surface area contributed by atoms with Crippen LogP contribution in [-0.4, -0.2) is 6.85 Å². The molecule has 2 aromatic heterocycles. The van der Waals surface area contributed by atoms with E-state index in [1.807, 2.05) is 11.3 Å². The topological polar surface area (TPSA) is 19.6 Å². The molecule has 4 heterocycles. The van der Waals surface area contributed by atoms with E-state index < -0.39 is 0 Å². The molecule has 0 aliphatic carbocycles. The predicted molar refractivity (Wildman–Crippen MR) is 289 cm³/mol. The summed E-state index contributed by atoms with van der Waals surface area (Å²) in [5.41, 5.74) is 19.8. The average Bonchev–Trinajstić information content (AvgIpc) is 3.92. The zero-order chi connectivity index (χ0) is 45.3. The van der Waals surface area contributed by atoms with E-state index in [1.165, 1.54) is 81.3 Å². The first-order valence-electron chi connectivity index (χ1n) is 23.5. The molecule has 2 aliphatic rings. The number of benzene rings is 9. The second kappa shape index (κ2) is 14.6. The molecule has 3 nitrogen and oxygen atoms in total. The van der Waals surface area contributed by atoms with Gasteiger partial charge in [0.05, 0.1) is 11.4 Å². The number of nitrogens with zero attached hydrogens (tertiary/aromatic N) is 2. The number of para-hydroxylation sites is 1. The number of rotatable bonds is 4. The van der Waals surface area contributed by atoms with Gasteiger partial charge < -0.3 is 14.1 Å². The normalized spacial score (nSPS) is 13.4. The summed E-state index contributed by atoms with van der Waals surface area (Å²) >= 11 is 1.92. The van der Waals surface area contributed by atoms with Crippen molar-refractivity contribution in [2.45, 2.75) is 52.4 Å². The summed E-state index contributed by atoms with van der Waals surface area (Å²) in [6, 6.07) is 70.2. The van der Waals surface area contributed by atoms with Gasteiger partial charge in [0.2, 0.25) is 0 Å². The van der Waals surface area contributed by atoms with Crippen LogP contribution in [0.5, 0.6) is 0 Å². The molecule has 9 aromatic carbocycles. The first kappa shape index (κ1) is 40.0. The SMILES string of the molecule is CC(C)(C)c1ccc(N2B3c4c(cc5c(oc6ccccc65)c4N(c4ccc(C(C)(C)C)cc4-c4ccccc4)c4ccc5c(sc6ccccc65)c43)-c3ccc(-c4ccccc4)cc32)cc1. The number of hydrogen-bond acceptors (Lipinski definition) is 4. The highest BCUT2D eigenvalue weighted by atomic mass is 32.1. The van der Waals surface area contributed by atoms with Gasteiger partial charge in [-0.25, -0.2) is 0 Å². The fourth-order valence-corrected chi connectivity index (χ4v) is 12.2. The highest BCUT2D eigenvalue weighted by Crippen LogP contribution is 2.54. The third-order valence-electron chi connectivity index (χ3n) is 14.4. The summed E-state index contributed by atoms with van der Waals surface area (Å²) in [6.45, 7) is 13.6. The maximum atomic E-state index is 7.25. The molecule has 0 saturated carbocycles. The van der Waals surface area contributed by atoms with Gasteiger partial charge in [-0.15, -0.1) is 11.3 Å². The van der Waals surface area contributed by atoms with Crippen molar-refractivity contribution in [1.29, 1.82) is 0 Å². The van der Waals surface area contributed by atoms with Crippen LogP contribution in [0, 0.1) is 0 Å². The molecule has 13 rings (SSSR count). The van der Waals surface area contributed by atoms with Gasteiger partial charge in [0.25, 0.3) is 0 Å². The molecule has 322 valence electrons. The molecule has 0 fully saturated rings. The van der Waals surface area contributed by atoms with Crippen molar-refractivity contribution in [2.75, 3.05) is 9.71 Å². The molecule has 5 heteroatoms. The van der Waals surface area contributed by atoms with Crippen LogP contribution in [0.3, 0.4) is 0 Å². The summed E-state index contributed by atoms with van der Waals surface area (Å²) in [7, 11) is 0. The fourth-order valence-electron chi connectivity index (χ4n) is 11.0. The van der Waals surface area contributed by atoms with E-state index in [0.29, 0.717) is 0 Å². The lowest BCUT2D eigenvalue weighted by atomic mass is 9.43. The summed E-state index contributed by atoms with van der Waals surface area (Å²) < 4.78 is 9.85. The Morgan fingerprint density at radius 3 is 1.85 bits per heavy atom. The fraction of sp³-hybridized carbons (Fsp3) is 0.129. The van der Waals surface area contributed by atoms with Crippen molar-refractivity contribution in [1.82, 2.24) is 0 Å². The lowest BCUT2D eigenvalue weighted by molar-refractivity contribution is 0.590. The van der Waals surface area contributed by atoms with E-state index >= 15 is 0 Å². The van der Waals surface area contributed by atoms with Crippen LogP contribution in [0.2, 0.25) is 0 Å². The molecule has 0 saturated heterocycles. The van der Waals surface area contributed by atoms with Crippen molar-refractivity contribution in [2.24, 2.45) is 0 Å². The summed E-state index contributed by atoms with van der Waals surface area (Å²) in [5.74, 6) is 0. The molecular formula is C62H49BN2OS. The van der Waals surface area contributed by atoms with Crippen molar-refractivity contribution >= 4 is 99.7 Å². The molecule has 2 aliphatic heterocycles. The first-order valence-corrected chi connectivity index (χ1v) is 24.3. The van der Waals surface area contributed by atoms with Crippen LogP contribution < -0.4 is 20.6 Å². The summed E-state index contributed by atoms with van der Waals surface area (Å²) in [5, 5.41) is 4.81. The van der Waals surface area contributed by atoms with E-state index in [1.54, 1.807) is 0 Å². The first-order chi connectivity index (χ1) is 32.5. The molecule has 0 spiro atoms. The Kier molecular flexibility index (Phi) is 8.70. The molecule has 0 bridgehead atoms. The van der Waals surface area contributed by atoms with Crippen molar-refractivity contribution in [3.63, 3.8) is 0 Å². The monoisotopic (exact) mass is 880 g/mol. The van der Waals surface area contributed by atoms with Crippen LogP contribution in [0.1, 0.15) is 52.7 Å². The highest BCUT2D eigenvalue weighted by Gasteiger charge is 2.48. The lowest BCUT2D eigenvalue weighted by Gasteiger charge is -2.46. The Hall–Kier alpha value is -7.34. The Balaban J connectivity index is 1.22. The largest absolute Gasteiger partial charge is 0.454 e. The van der Waals surface area contributed by atoms with Gasteiger partial charge in [0.1, 0.15) is 5.58 Å². The predicted octanol–water partition coefficient (Wildman–Crippen LogP) is 16.6. The summed E-state index contributed by atoms with van der Waals surface area (Å²) in [6.07, 6.45) is 0. The number of fused-ring (bicyclic) bond motifs is 12. The smallest absolute Gasteiger partial charge is 0.334 e. The quantitative estimate of drug-likeness (QED) is 0.164. The average molecular weight is 881 g/mol. The maximum absolute atomic E-state index is 7.25. The molecule has 67 heavy (non-hydrogen) atoms. The third kappa shape index (κ3) is 6.10. The van der Waals surface area contributed by atoms with Gasteiger partial charge in [-0.3, -0.25) is 0 Å². The van der Waals surface area contributed by atoms with Gasteiger partial charge in [-0.05, 0) is 110 Å². The van der Waals surface area contributed by atoms with Crippen LogP contribution in [0.25, 0.3) is 75.5 Å². The lowest BCUT2D eigenvalue weighted by Crippen LogP contribution is -2.61. The van der Waals surface area contributed by atoms with Crippen LogP contribution in [0.4, 0.5) is 28.4 Å². The van der Waals surface area contributed by atoms with Crippen molar-refractivity contribution < 1.29 is 4.42 Å². The minimum Gasteiger partial charge on any atom is -0.454 e. The van der Waals surface area contributed by atoms with Crippen LogP contribution in [0.15, 0.2) is 192 Å². The van der Waals surface area contributed by atoms with Gasteiger partial charge in [0, 0.05) is 59.1 Å². The maximum Gasteiger partial charge on any atom is 0.334 e. The van der Waals surface area contributed by atoms with E-state index in [2.05, 4.69) is 239 Å². The molecule has 0 amide bonds. The zero-order valence-corrected chi connectivity index (χ0v) is 39.5. The number of furan rings is 1. The second-order valence-electron chi connectivity index (χ2n) is 20.5. The van der Waals surface area contributed by atoms with E-state index in [4.69, 9.17) is 4.42 Å². The Labute approximate surface area is 396 Å². The minimum absolute atomic E-state index is 0.00562. The molecule has 0 atom stereocenters. The molecule has 11 aromatic rings. The Morgan fingerprint density at radius 2 is 1.10 bits per heavy atom. The second-order valence-corrected chi connectivity index (χ2v) is 21.5. The standard InChI is InChI=1S/C62H49BN2OS/c1-61(2,3)41-26-29-43(30-27-41)65-53-35-40(38-17-9-7-10-18-38)25-31-44(53)49-37-50-45-21-13-15-23-54(45)66-59(50)58-56(49)63(65)57-52(34-32-47-46-22-14-16-24-55(46)67-60(47)57)64(58)51-33-28-42(62(4,5)6)36-48(51)39-19-11-8-12-20-39/h7-37H,1-6H3. The number of hydrogen-bond donors (Lipinski definition) is 0. The molecule has 0 radical (unpaired) electrons. The van der Waals surface area contributed by atoms with Gasteiger partial charge in [-0.1, -0.05) is 175 Å². The third-order valence-corrected chi connectivity index (χ3v) is 15.6. The van der Waals surface area contributed by atoms with Crippen LogP contribution >= 0.6 is 11.3 Å². The van der Waals surface area contributed by atoms with E-state index in [9.17, 15) is 0 Å².